The van der Waals surface area contributed by atoms with Crippen LogP contribution >= 0.6 is 0 Å². The fourth-order valence-corrected chi connectivity index (χ4v) is 2.92. The summed E-state index contributed by atoms with van der Waals surface area (Å²) in [7, 11) is 0. The van der Waals surface area contributed by atoms with Crippen molar-refractivity contribution in [2.24, 2.45) is 5.92 Å². The highest BCUT2D eigenvalue weighted by Crippen LogP contribution is 2.37. The first-order valence-corrected chi connectivity index (χ1v) is 7.07. The van der Waals surface area contributed by atoms with Gasteiger partial charge in [-0.2, -0.15) is 0 Å². The van der Waals surface area contributed by atoms with Gasteiger partial charge in [-0.05, 0) is 25.2 Å². The van der Waals surface area contributed by atoms with Crippen molar-refractivity contribution in [2.45, 2.75) is 84.6 Å². The standard InChI is InChI=1S/C14H29NO/c1-6-10-12-15-13(11(5)7-2)14(8-3,9-4)16-12/h11-13,15H,6-10H2,1-5H3/t11?,12-,13-/m0/s1. The quantitative estimate of drug-likeness (QED) is 0.747. The molecule has 0 amide bonds. The molecule has 0 radical (unpaired) electrons. The van der Waals surface area contributed by atoms with Crippen LogP contribution in [0.2, 0.25) is 0 Å². The highest BCUT2D eigenvalue weighted by atomic mass is 16.5. The van der Waals surface area contributed by atoms with Crippen LogP contribution in [0.25, 0.3) is 0 Å². The average Bonchev–Trinajstić information content (AvgIpc) is 2.68. The van der Waals surface area contributed by atoms with Gasteiger partial charge in [-0.3, -0.25) is 5.32 Å². The lowest BCUT2D eigenvalue weighted by atomic mass is 9.81. The fourth-order valence-electron chi connectivity index (χ4n) is 2.92. The van der Waals surface area contributed by atoms with Gasteiger partial charge < -0.3 is 4.74 Å². The van der Waals surface area contributed by atoms with Crippen molar-refractivity contribution < 1.29 is 4.74 Å². The minimum atomic E-state index is 0.0786. The van der Waals surface area contributed by atoms with Gasteiger partial charge in [-0.1, -0.05) is 47.5 Å². The van der Waals surface area contributed by atoms with Crippen molar-refractivity contribution in [2.75, 3.05) is 0 Å². The molecule has 1 N–H and O–H groups in total. The van der Waals surface area contributed by atoms with E-state index >= 15 is 0 Å². The summed E-state index contributed by atoms with van der Waals surface area (Å²) in [6.07, 6.45) is 6.06. The largest absolute Gasteiger partial charge is 0.355 e. The summed E-state index contributed by atoms with van der Waals surface area (Å²) in [6.45, 7) is 11.4. The maximum atomic E-state index is 6.31. The normalized spacial score (nSPS) is 30.6. The number of hydrogen-bond acceptors (Lipinski definition) is 2. The highest BCUT2D eigenvalue weighted by Gasteiger charge is 2.47. The highest BCUT2D eigenvalue weighted by molar-refractivity contribution is 4.99. The van der Waals surface area contributed by atoms with Gasteiger partial charge in [0.15, 0.2) is 0 Å². The Bertz CT molecular complexity index is 201. The molecule has 2 nitrogen and oxygen atoms in total. The second-order valence-corrected chi connectivity index (χ2v) is 5.20. The third-order valence-electron chi connectivity index (χ3n) is 4.27. The van der Waals surface area contributed by atoms with Crippen LogP contribution in [0.5, 0.6) is 0 Å². The second-order valence-electron chi connectivity index (χ2n) is 5.20. The summed E-state index contributed by atoms with van der Waals surface area (Å²) in [6, 6.07) is 0.532. The molecule has 2 heteroatoms. The minimum Gasteiger partial charge on any atom is -0.355 e. The van der Waals surface area contributed by atoms with Crippen LogP contribution in [0.1, 0.15) is 66.7 Å². The van der Waals surface area contributed by atoms with Crippen molar-refractivity contribution in [3.63, 3.8) is 0 Å². The van der Waals surface area contributed by atoms with E-state index in [4.69, 9.17) is 4.74 Å². The van der Waals surface area contributed by atoms with Crippen molar-refractivity contribution >= 4 is 0 Å². The molecule has 0 aromatic heterocycles. The molecule has 1 fully saturated rings. The Kier molecular flexibility index (Phi) is 5.26. The van der Waals surface area contributed by atoms with E-state index in [0.717, 1.165) is 19.3 Å². The molecule has 0 aromatic rings. The molecule has 0 aliphatic carbocycles. The zero-order valence-corrected chi connectivity index (χ0v) is 11.7. The van der Waals surface area contributed by atoms with E-state index in [1.807, 2.05) is 0 Å². The Morgan fingerprint density at radius 3 is 2.25 bits per heavy atom. The third-order valence-corrected chi connectivity index (χ3v) is 4.27. The summed E-state index contributed by atoms with van der Waals surface area (Å²) in [5, 5.41) is 3.71. The van der Waals surface area contributed by atoms with E-state index in [1.165, 1.54) is 12.8 Å². The van der Waals surface area contributed by atoms with Crippen molar-refractivity contribution in [3.8, 4) is 0 Å². The summed E-state index contributed by atoms with van der Waals surface area (Å²) in [5.41, 5.74) is 0.0786. The van der Waals surface area contributed by atoms with E-state index in [9.17, 15) is 0 Å². The first-order valence-electron chi connectivity index (χ1n) is 7.07. The smallest absolute Gasteiger partial charge is 0.109 e. The SMILES string of the molecule is CCC[C@H]1N[C@@H](C(C)CC)C(CC)(CC)O1. The van der Waals surface area contributed by atoms with E-state index in [-0.39, 0.29) is 11.8 Å². The first kappa shape index (κ1) is 14.0. The van der Waals surface area contributed by atoms with Crippen LogP contribution in [-0.2, 0) is 4.74 Å². The fraction of sp³-hybridized carbons (Fsp3) is 1.00. The van der Waals surface area contributed by atoms with E-state index in [0.29, 0.717) is 12.0 Å². The Hall–Kier alpha value is -0.0800. The van der Waals surface area contributed by atoms with Crippen LogP contribution in [0, 0.1) is 5.92 Å². The van der Waals surface area contributed by atoms with Crippen molar-refractivity contribution in [1.82, 2.24) is 5.32 Å². The van der Waals surface area contributed by atoms with Crippen LogP contribution in [0.15, 0.2) is 0 Å². The molecule has 1 aliphatic rings. The Balaban J connectivity index is 2.77. The average molecular weight is 227 g/mol. The number of nitrogens with one attached hydrogen (secondary N) is 1. The molecule has 1 rings (SSSR count). The van der Waals surface area contributed by atoms with Gasteiger partial charge in [-0.15, -0.1) is 0 Å². The molecule has 0 spiro atoms. The molecular weight excluding hydrogens is 198 g/mol. The molecule has 1 unspecified atom stereocenters. The Morgan fingerprint density at radius 2 is 1.81 bits per heavy atom. The first-order chi connectivity index (χ1) is 7.63. The molecule has 1 saturated heterocycles. The summed E-state index contributed by atoms with van der Waals surface area (Å²) >= 11 is 0. The molecule has 16 heavy (non-hydrogen) atoms. The maximum absolute atomic E-state index is 6.31. The number of ether oxygens (including phenoxy) is 1. The minimum absolute atomic E-state index is 0.0786. The lowest BCUT2D eigenvalue weighted by molar-refractivity contribution is -0.0610. The van der Waals surface area contributed by atoms with E-state index in [2.05, 4.69) is 39.9 Å². The van der Waals surface area contributed by atoms with E-state index < -0.39 is 0 Å². The zero-order valence-electron chi connectivity index (χ0n) is 11.7. The lowest BCUT2D eigenvalue weighted by Gasteiger charge is -2.35. The van der Waals surface area contributed by atoms with Crippen LogP contribution in [0.3, 0.4) is 0 Å². The van der Waals surface area contributed by atoms with E-state index in [1.54, 1.807) is 0 Å². The number of hydrogen-bond donors (Lipinski definition) is 1. The predicted molar refractivity (Wildman–Crippen MR) is 69.5 cm³/mol. The van der Waals surface area contributed by atoms with Crippen molar-refractivity contribution in [1.29, 1.82) is 0 Å². The van der Waals surface area contributed by atoms with Gasteiger partial charge in [0.05, 0.1) is 5.60 Å². The molecule has 3 atom stereocenters. The van der Waals surface area contributed by atoms with Gasteiger partial charge in [-0.25, -0.2) is 0 Å². The Morgan fingerprint density at radius 1 is 1.19 bits per heavy atom. The van der Waals surface area contributed by atoms with Gasteiger partial charge in [0, 0.05) is 6.04 Å². The van der Waals surface area contributed by atoms with Gasteiger partial charge in [0.25, 0.3) is 0 Å². The van der Waals surface area contributed by atoms with Crippen molar-refractivity contribution in [3.05, 3.63) is 0 Å². The summed E-state index contributed by atoms with van der Waals surface area (Å²) in [4.78, 5) is 0. The van der Waals surface area contributed by atoms with Gasteiger partial charge in [0.2, 0.25) is 0 Å². The molecule has 1 aliphatic heterocycles. The molecular formula is C14H29NO. The predicted octanol–water partition coefficient (Wildman–Crippen LogP) is 3.71. The van der Waals surface area contributed by atoms with Crippen LogP contribution < -0.4 is 5.32 Å². The topological polar surface area (TPSA) is 21.3 Å². The Labute approximate surface area is 101 Å². The molecule has 0 saturated carbocycles. The third kappa shape index (κ3) is 2.60. The van der Waals surface area contributed by atoms with Gasteiger partial charge in [0.1, 0.15) is 6.23 Å². The van der Waals surface area contributed by atoms with Crippen LogP contribution in [-0.4, -0.2) is 17.9 Å². The summed E-state index contributed by atoms with van der Waals surface area (Å²) < 4.78 is 6.31. The zero-order chi connectivity index (χ0) is 12.2. The molecule has 1 heterocycles. The molecule has 96 valence electrons. The number of rotatable bonds is 6. The maximum Gasteiger partial charge on any atom is 0.109 e. The second kappa shape index (κ2) is 6.02. The molecule has 0 aromatic carbocycles. The van der Waals surface area contributed by atoms with Crippen LogP contribution in [0.4, 0.5) is 0 Å². The monoisotopic (exact) mass is 227 g/mol. The van der Waals surface area contributed by atoms with Gasteiger partial charge >= 0.3 is 0 Å². The molecule has 0 bridgehead atoms. The lowest BCUT2D eigenvalue weighted by Crippen LogP contribution is -2.47. The summed E-state index contributed by atoms with van der Waals surface area (Å²) in [5.74, 6) is 0.696.